The Kier molecular flexibility index (Phi) is 3.59. The maximum atomic E-state index is 13.2. The third kappa shape index (κ3) is 2.49. The normalized spacial score (nSPS) is 18.5. The smallest absolute Gasteiger partial charge is 0.271 e. The van der Waals surface area contributed by atoms with Gasteiger partial charge < -0.3 is 0 Å². The molecule has 1 aliphatic carbocycles. The van der Waals surface area contributed by atoms with Gasteiger partial charge in [-0.15, -0.1) is 0 Å². The first-order chi connectivity index (χ1) is 8.43. The van der Waals surface area contributed by atoms with Gasteiger partial charge in [-0.1, -0.05) is 6.42 Å². The van der Waals surface area contributed by atoms with Gasteiger partial charge >= 0.3 is 6.18 Å². The molecule has 1 aromatic rings. The molecule has 0 bridgehead atoms. The second-order valence-electron chi connectivity index (χ2n) is 4.56. The maximum absolute atomic E-state index is 13.2. The Bertz CT molecular complexity index is 427. The van der Waals surface area contributed by atoms with Gasteiger partial charge in [-0.2, -0.15) is 13.2 Å². The fraction of sp³-hybridized carbons (Fsp3) is 0.500. The van der Waals surface area contributed by atoms with Gasteiger partial charge in [0.25, 0.3) is 0 Å². The quantitative estimate of drug-likeness (QED) is 0.499. The van der Waals surface area contributed by atoms with Crippen LogP contribution in [0.3, 0.4) is 0 Å². The highest BCUT2D eigenvalue weighted by molar-refractivity contribution is 5.33. The second-order valence-corrected chi connectivity index (χ2v) is 4.56. The number of hydrogen-bond donors (Lipinski definition) is 2. The van der Waals surface area contributed by atoms with Crippen LogP contribution >= 0.6 is 0 Å². The van der Waals surface area contributed by atoms with Crippen molar-refractivity contribution in [3.8, 4) is 0 Å². The van der Waals surface area contributed by atoms with Crippen molar-refractivity contribution in [2.24, 2.45) is 11.8 Å². The Hall–Kier alpha value is -1.14. The molecule has 1 fully saturated rings. The third-order valence-corrected chi connectivity index (χ3v) is 3.45. The van der Waals surface area contributed by atoms with E-state index < -0.39 is 23.6 Å². The van der Waals surface area contributed by atoms with Crippen molar-refractivity contribution in [2.75, 3.05) is 0 Å². The van der Waals surface area contributed by atoms with E-state index in [9.17, 15) is 17.6 Å². The van der Waals surface area contributed by atoms with Crippen LogP contribution in [0, 0.1) is 11.7 Å². The SMILES string of the molecule is NNC(c1cc(F)ccc1C(F)(F)F)C1CCC1. The van der Waals surface area contributed by atoms with Crippen LogP contribution < -0.4 is 11.3 Å². The highest BCUT2D eigenvalue weighted by Gasteiger charge is 2.38. The zero-order chi connectivity index (χ0) is 13.3. The molecular formula is C12H14F4N2. The Morgan fingerprint density at radius 3 is 2.39 bits per heavy atom. The maximum Gasteiger partial charge on any atom is 0.416 e. The van der Waals surface area contributed by atoms with Crippen molar-refractivity contribution in [1.29, 1.82) is 0 Å². The molecule has 0 saturated heterocycles. The van der Waals surface area contributed by atoms with Gasteiger partial charge in [-0.25, -0.2) is 4.39 Å². The number of benzene rings is 1. The molecule has 0 spiro atoms. The molecular weight excluding hydrogens is 248 g/mol. The van der Waals surface area contributed by atoms with Gasteiger partial charge in [-0.3, -0.25) is 11.3 Å². The molecule has 100 valence electrons. The number of nitrogens with two attached hydrogens (primary N) is 1. The molecule has 1 saturated carbocycles. The van der Waals surface area contributed by atoms with E-state index in [0.717, 1.165) is 37.5 Å². The molecule has 0 heterocycles. The van der Waals surface area contributed by atoms with Gasteiger partial charge in [0.1, 0.15) is 5.82 Å². The molecule has 2 rings (SSSR count). The minimum atomic E-state index is -4.50. The second kappa shape index (κ2) is 4.85. The van der Waals surface area contributed by atoms with Crippen LogP contribution in [0.15, 0.2) is 18.2 Å². The van der Waals surface area contributed by atoms with E-state index >= 15 is 0 Å². The van der Waals surface area contributed by atoms with Gasteiger partial charge in [-0.05, 0) is 42.5 Å². The third-order valence-electron chi connectivity index (χ3n) is 3.45. The van der Waals surface area contributed by atoms with Crippen LogP contribution in [0.25, 0.3) is 0 Å². The Labute approximate surface area is 102 Å². The Morgan fingerprint density at radius 1 is 1.28 bits per heavy atom. The minimum Gasteiger partial charge on any atom is -0.271 e. The topological polar surface area (TPSA) is 38.0 Å². The van der Waals surface area contributed by atoms with Gasteiger partial charge in [0.15, 0.2) is 0 Å². The summed E-state index contributed by atoms with van der Waals surface area (Å²) in [7, 11) is 0. The fourth-order valence-corrected chi connectivity index (χ4v) is 2.30. The summed E-state index contributed by atoms with van der Waals surface area (Å²) in [5.41, 5.74) is 1.47. The average molecular weight is 262 g/mol. The van der Waals surface area contributed by atoms with E-state index in [4.69, 9.17) is 5.84 Å². The highest BCUT2D eigenvalue weighted by atomic mass is 19.4. The molecule has 2 nitrogen and oxygen atoms in total. The molecule has 0 aliphatic heterocycles. The average Bonchev–Trinajstić information content (AvgIpc) is 2.21. The van der Waals surface area contributed by atoms with E-state index in [-0.39, 0.29) is 11.5 Å². The van der Waals surface area contributed by atoms with Crippen molar-refractivity contribution in [1.82, 2.24) is 5.43 Å². The van der Waals surface area contributed by atoms with Crippen LogP contribution in [-0.2, 0) is 6.18 Å². The van der Waals surface area contributed by atoms with Crippen molar-refractivity contribution in [3.63, 3.8) is 0 Å². The van der Waals surface area contributed by atoms with Crippen molar-refractivity contribution >= 4 is 0 Å². The lowest BCUT2D eigenvalue weighted by Gasteiger charge is -2.34. The van der Waals surface area contributed by atoms with Crippen LogP contribution in [0.2, 0.25) is 0 Å². The summed E-state index contributed by atoms with van der Waals surface area (Å²) in [6, 6.07) is 1.87. The van der Waals surface area contributed by atoms with Gasteiger partial charge in [0.2, 0.25) is 0 Å². The number of alkyl halides is 3. The predicted octanol–water partition coefficient (Wildman–Crippen LogP) is 3.15. The summed E-state index contributed by atoms with van der Waals surface area (Å²) in [4.78, 5) is 0. The monoisotopic (exact) mass is 262 g/mol. The number of halogens is 4. The van der Waals surface area contributed by atoms with Crippen LogP contribution in [-0.4, -0.2) is 0 Å². The molecule has 1 aliphatic rings. The zero-order valence-corrected chi connectivity index (χ0v) is 9.60. The first kappa shape index (κ1) is 13.3. The van der Waals surface area contributed by atoms with E-state index in [1.54, 1.807) is 0 Å². The first-order valence-electron chi connectivity index (χ1n) is 5.76. The first-order valence-corrected chi connectivity index (χ1v) is 5.76. The lowest BCUT2D eigenvalue weighted by atomic mass is 9.76. The van der Waals surface area contributed by atoms with Crippen molar-refractivity contribution < 1.29 is 17.6 Å². The summed E-state index contributed by atoms with van der Waals surface area (Å²) in [5.74, 6) is 4.69. The largest absolute Gasteiger partial charge is 0.416 e. The Balaban J connectivity index is 2.42. The molecule has 18 heavy (non-hydrogen) atoms. The molecule has 1 aromatic carbocycles. The number of nitrogens with one attached hydrogen (secondary N) is 1. The van der Waals surface area contributed by atoms with E-state index in [1.807, 2.05) is 0 Å². The fourth-order valence-electron chi connectivity index (χ4n) is 2.30. The standard InChI is InChI=1S/C12H14F4N2/c13-8-4-5-10(12(14,15)16)9(6-8)11(18-17)7-2-1-3-7/h4-7,11,18H,1-3,17H2. The summed E-state index contributed by atoms with van der Waals surface area (Å²) in [5, 5.41) is 0. The van der Waals surface area contributed by atoms with Crippen molar-refractivity contribution in [3.05, 3.63) is 35.1 Å². The lowest BCUT2D eigenvalue weighted by molar-refractivity contribution is -0.138. The van der Waals surface area contributed by atoms with Gasteiger partial charge in [0, 0.05) is 6.04 Å². The highest BCUT2D eigenvalue weighted by Crippen LogP contribution is 2.42. The summed E-state index contributed by atoms with van der Waals surface area (Å²) >= 11 is 0. The van der Waals surface area contributed by atoms with Crippen molar-refractivity contribution in [2.45, 2.75) is 31.5 Å². The molecule has 0 amide bonds. The molecule has 0 aromatic heterocycles. The zero-order valence-electron chi connectivity index (χ0n) is 9.60. The summed E-state index contributed by atoms with van der Waals surface area (Å²) in [6.45, 7) is 0. The predicted molar refractivity (Wildman–Crippen MR) is 58.8 cm³/mol. The molecule has 6 heteroatoms. The van der Waals surface area contributed by atoms with Crippen LogP contribution in [0.5, 0.6) is 0 Å². The van der Waals surface area contributed by atoms with E-state index in [0.29, 0.717) is 0 Å². The van der Waals surface area contributed by atoms with E-state index in [2.05, 4.69) is 5.43 Å². The summed E-state index contributed by atoms with van der Waals surface area (Å²) in [6.07, 6.45) is -1.91. The van der Waals surface area contributed by atoms with Crippen LogP contribution in [0.4, 0.5) is 17.6 Å². The number of rotatable bonds is 3. The molecule has 1 unspecified atom stereocenters. The molecule has 3 N–H and O–H groups in total. The molecule has 0 radical (unpaired) electrons. The minimum absolute atomic E-state index is 0.0397. The molecule has 1 atom stereocenters. The summed E-state index contributed by atoms with van der Waals surface area (Å²) < 4.78 is 51.8. The van der Waals surface area contributed by atoms with Gasteiger partial charge in [0.05, 0.1) is 5.56 Å². The Morgan fingerprint density at radius 2 is 1.94 bits per heavy atom. The number of hydrogen-bond acceptors (Lipinski definition) is 2. The van der Waals surface area contributed by atoms with Crippen LogP contribution in [0.1, 0.15) is 36.4 Å². The van der Waals surface area contributed by atoms with E-state index in [1.165, 1.54) is 0 Å². The lowest BCUT2D eigenvalue weighted by Crippen LogP contribution is -2.37. The number of hydrazine groups is 1.